The van der Waals surface area contributed by atoms with Gasteiger partial charge in [0.05, 0.1) is 0 Å². The minimum absolute atomic E-state index is 0. The van der Waals surface area contributed by atoms with Gasteiger partial charge in [-0.2, -0.15) is 11.3 Å². The second-order valence-electron chi connectivity index (χ2n) is 4.71. The summed E-state index contributed by atoms with van der Waals surface area (Å²) < 4.78 is 0. The summed E-state index contributed by atoms with van der Waals surface area (Å²) in [6, 6.07) is 2.12. The van der Waals surface area contributed by atoms with Crippen LogP contribution in [0.2, 0.25) is 0 Å². The first-order chi connectivity index (χ1) is 9.16. The van der Waals surface area contributed by atoms with Crippen LogP contribution in [0.5, 0.6) is 0 Å². The predicted octanol–water partition coefficient (Wildman–Crippen LogP) is 1.11. The number of thiophene rings is 1. The minimum Gasteiger partial charge on any atom is -0.351 e. The maximum atomic E-state index is 12.0. The van der Waals surface area contributed by atoms with E-state index in [1.54, 1.807) is 11.4 Å². The van der Waals surface area contributed by atoms with Crippen molar-refractivity contribution in [2.24, 2.45) is 0 Å². The standard InChI is InChI=1S/C13H19N3O2S.ClH/c1-10-8-16(6-5-14-10)12(17)2-4-15-13(18)11-3-7-19-9-11;/h3,7,9-10,14H,2,4-6,8H2,1H3,(H,15,18);1H. The number of nitrogens with zero attached hydrogens (tertiary/aromatic N) is 1. The van der Waals surface area contributed by atoms with Crippen LogP contribution < -0.4 is 10.6 Å². The van der Waals surface area contributed by atoms with E-state index in [0.29, 0.717) is 24.6 Å². The lowest BCUT2D eigenvalue weighted by Gasteiger charge is -2.32. The number of piperazine rings is 1. The average Bonchev–Trinajstić information content (AvgIpc) is 2.92. The highest BCUT2D eigenvalue weighted by Crippen LogP contribution is 2.05. The minimum atomic E-state index is -0.109. The van der Waals surface area contributed by atoms with Crippen LogP contribution in [0.15, 0.2) is 16.8 Å². The van der Waals surface area contributed by atoms with Crippen molar-refractivity contribution in [1.29, 1.82) is 0 Å². The molecule has 1 aromatic heterocycles. The monoisotopic (exact) mass is 317 g/mol. The third kappa shape index (κ3) is 4.77. The molecule has 112 valence electrons. The summed E-state index contributed by atoms with van der Waals surface area (Å²) in [6.07, 6.45) is 0.364. The first-order valence-electron chi connectivity index (χ1n) is 6.48. The molecule has 0 bridgehead atoms. The van der Waals surface area contributed by atoms with E-state index in [-0.39, 0.29) is 24.2 Å². The van der Waals surface area contributed by atoms with Gasteiger partial charge in [0.25, 0.3) is 5.91 Å². The molecule has 0 saturated carbocycles. The van der Waals surface area contributed by atoms with Crippen molar-refractivity contribution in [3.05, 3.63) is 22.4 Å². The topological polar surface area (TPSA) is 61.4 Å². The zero-order chi connectivity index (χ0) is 13.7. The lowest BCUT2D eigenvalue weighted by atomic mass is 10.2. The Kier molecular flexibility index (Phi) is 6.98. The van der Waals surface area contributed by atoms with Crippen molar-refractivity contribution < 1.29 is 9.59 Å². The van der Waals surface area contributed by atoms with Crippen LogP contribution in [0.25, 0.3) is 0 Å². The molecule has 1 aliphatic rings. The largest absolute Gasteiger partial charge is 0.351 e. The van der Waals surface area contributed by atoms with Gasteiger partial charge < -0.3 is 15.5 Å². The molecule has 0 radical (unpaired) electrons. The summed E-state index contributed by atoms with van der Waals surface area (Å²) >= 11 is 1.49. The quantitative estimate of drug-likeness (QED) is 0.874. The van der Waals surface area contributed by atoms with Gasteiger partial charge in [-0.25, -0.2) is 0 Å². The third-order valence-corrected chi connectivity index (χ3v) is 3.81. The van der Waals surface area contributed by atoms with Gasteiger partial charge in [-0.3, -0.25) is 9.59 Å². The highest BCUT2D eigenvalue weighted by molar-refractivity contribution is 7.08. The lowest BCUT2D eigenvalue weighted by molar-refractivity contribution is -0.132. The second-order valence-corrected chi connectivity index (χ2v) is 5.49. The molecule has 0 aliphatic carbocycles. The van der Waals surface area contributed by atoms with E-state index in [2.05, 4.69) is 17.6 Å². The number of carbonyl (C=O) groups is 2. The zero-order valence-electron chi connectivity index (χ0n) is 11.4. The molecule has 1 aliphatic heterocycles. The lowest BCUT2D eigenvalue weighted by Crippen LogP contribution is -2.51. The second kappa shape index (κ2) is 8.24. The van der Waals surface area contributed by atoms with Crippen molar-refractivity contribution in [2.45, 2.75) is 19.4 Å². The molecule has 1 unspecified atom stereocenters. The molecule has 7 heteroatoms. The number of nitrogens with one attached hydrogen (secondary N) is 2. The van der Waals surface area contributed by atoms with E-state index in [4.69, 9.17) is 0 Å². The summed E-state index contributed by atoms with van der Waals surface area (Å²) in [5.74, 6) is 0.00157. The number of amides is 2. The van der Waals surface area contributed by atoms with Gasteiger partial charge in [-0.1, -0.05) is 0 Å². The van der Waals surface area contributed by atoms with Crippen LogP contribution in [0.3, 0.4) is 0 Å². The van der Waals surface area contributed by atoms with Crippen LogP contribution in [-0.4, -0.2) is 48.9 Å². The molecular weight excluding hydrogens is 298 g/mol. The number of carbonyl (C=O) groups excluding carboxylic acids is 2. The molecule has 2 rings (SSSR count). The van der Waals surface area contributed by atoms with Gasteiger partial charge in [0.1, 0.15) is 0 Å². The normalized spacial score (nSPS) is 18.2. The summed E-state index contributed by atoms with van der Waals surface area (Å²) in [5, 5.41) is 9.73. The fourth-order valence-corrected chi connectivity index (χ4v) is 2.73. The molecular formula is C13H20ClN3O2S. The first kappa shape index (κ1) is 16.9. The Morgan fingerprint density at radius 1 is 1.55 bits per heavy atom. The molecule has 2 heterocycles. The number of hydrogen-bond donors (Lipinski definition) is 2. The molecule has 2 amide bonds. The number of rotatable bonds is 4. The maximum Gasteiger partial charge on any atom is 0.252 e. The Morgan fingerprint density at radius 3 is 3.00 bits per heavy atom. The van der Waals surface area contributed by atoms with E-state index < -0.39 is 0 Å². The maximum absolute atomic E-state index is 12.0. The fraction of sp³-hybridized carbons (Fsp3) is 0.538. The van der Waals surface area contributed by atoms with Crippen molar-refractivity contribution >= 4 is 35.6 Å². The smallest absolute Gasteiger partial charge is 0.252 e. The van der Waals surface area contributed by atoms with Crippen LogP contribution in [-0.2, 0) is 4.79 Å². The molecule has 1 saturated heterocycles. The Hall–Kier alpha value is -1.11. The molecule has 20 heavy (non-hydrogen) atoms. The SMILES string of the molecule is CC1CN(C(=O)CCNC(=O)c2ccsc2)CCN1.Cl. The molecule has 5 nitrogen and oxygen atoms in total. The van der Waals surface area contributed by atoms with Crippen molar-refractivity contribution in [3.8, 4) is 0 Å². The molecule has 2 N–H and O–H groups in total. The van der Waals surface area contributed by atoms with E-state index >= 15 is 0 Å². The molecule has 0 spiro atoms. The Labute approximate surface area is 129 Å². The summed E-state index contributed by atoms with van der Waals surface area (Å²) in [6.45, 7) is 4.80. The van der Waals surface area contributed by atoms with E-state index in [1.807, 2.05) is 10.3 Å². The van der Waals surface area contributed by atoms with Crippen LogP contribution >= 0.6 is 23.7 Å². The third-order valence-electron chi connectivity index (χ3n) is 3.13. The van der Waals surface area contributed by atoms with E-state index in [9.17, 15) is 9.59 Å². The van der Waals surface area contributed by atoms with E-state index in [0.717, 1.165) is 19.6 Å². The number of halogens is 1. The molecule has 1 atom stereocenters. The molecule has 0 aromatic carbocycles. The van der Waals surface area contributed by atoms with Crippen molar-refractivity contribution in [1.82, 2.24) is 15.5 Å². The molecule has 1 fully saturated rings. The van der Waals surface area contributed by atoms with Gasteiger partial charge in [0.2, 0.25) is 5.91 Å². The molecule has 1 aromatic rings. The van der Waals surface area contributed by atoms with Gasteiger partial charge >= 0.3 is 0 Å². The van der Waals surface area contributed by atoms with Crippen molar-refractivity contribution in [2.75, 3.05) is 26.2 Å². The first-order valence-corrected chi connectivity index (χ1v) is 7.42. The zero-order valence-corrected chi connectivity index (χ0v) is 13.1. The Morgan fingerprint density at radius 2 is 2.35 bits per heavy atom. The summed E-state index contributed by atoms with van der Waals surface area (Å²) in [4.78, 5) is 25.5. The number of hydrogen-bond acceptors (Lipinski definition) is 4. The van der Waals surface area contributed by atoms with Gasteiger partial charge in [-0.05, 0) is 18.4 Å². The summed E-state index contributed by atoms with van der Waals surface area (Å²) in [5.41, 5.74) is 0.660. The fourth-order valence-electron chi connectivity index (χ4n) is 2.10. The average molecular weight is 318 g/mol. The Bertz CT molecular complexity index is 439. The van der Waals surface area contributed by atoms with Gasteiger partial charge in [-0.15, -0.1) is 12.4 Å². The highest BCUT2D eigenvalue weighted by atomic mass is 35.5. The Balaban J connectivity index is 0.00000200. The highest BCUT2D eigenvalue weighted by Gasteiger charge is 2.20. The van der Waals surface area contributed by atoms with Crippen molar-refractivity contribution in [3.63, 3.8) is 0 Å². The van der Waals surface area contributed by atoms with Crippen LogP contribution in [0.1, 0.15) is 23.7 Å². The van der Waals surface area contributed by atoms with Gasteiger partial charge in [0, 0.05) is 49.6 Å². The van der Waals surface area contributed by atoms with Crippen LogP contribution in [0, 0.1) is 0 Å². The van der Waals surface area contributed by atoms with Gasteiger partial charge in [0.15, 0.2) is 0 Å². The summed E-state index contributed by atoms with van der Waals surface area (Å²) in [7, 11) is 0. The predicted molar refractivity (Wildman–Crippen MR) is 82.6 cm³/mol. The van der Waals surface area contributed by atoms with E-state index in [1.165, 1.54) is 11.3 Å². The van der Waals surface area contributed by atoms with Crippen LogP contribution in [0.4, 0.5) is 0 Å².